The van der Waals surface area contributed by atoms with Crippen LogP contribution in [0.25, 0.3) is 10.8 Å². The minimum Gasteiger partial charge on any atom is -0.465 e. The monoisotopic (exact) mass is 356 g/mol. The van der Waals surface area contributed by atoms with E-state index in [-0.39, 0.29) is 5.75 Å². The molecule has 3 aromatic rings. The fraction of sp³-hybridized carbons (Fsp3) is 0.111. The highest BCUT2D eigenvalue weighted by atomic mass is 32.2. The Hall–Kier alpha value is -2.93. The van der Waals surface area contributed by atoms with Crippen molar-refractivity contribution < 1.29 is 17.9 Å². The molecule has 3 rings (SSSR count). The van der Waals surface area contributed by atoms with E-state index in [1.54, 1.807) is 48.8 Å². The molecule has 0 saturated carbocycles. The summed E-state index contributed by atoms with van der Waals surface area (Å²) in [5.41, 5.74) is 1.44. The first-order chi connectivity index (χ1) is 12.0. The summed E-state index contributed by atoms with van der Waals surface area (Å²) in [6.45, 7) is 0. The summed E-state index contributed by atoms with van der Waals surface area (Å²) >= 11 is 0. The van der Waals surface area contributed by atoms with Gasteiger partial charge in [0.1, 0.15) is 0 Å². The molecule has 1 aromatic heterocycles. The second kappa shape index (κ2) is 6.90. The summed E-state index contributed by atoms with van der Waals surface area (Å²) in [5.74, 6) is -0.652. The van der Waals surface area contributed by atoms with Crippen molar-refractivity contribution in [3.63, 3.8) is 0 Å². The highest BCUT2D eigenvalue weighted by Gasteiger charge is 2.13. The van der Waals surface area contributed by atoms with Crippen LogP contribution in [0.5, 0.6) is 0 Å². The van der Waals surface area contributed by atoms with Gasteiger partial charge in [0.2, 0.25) is 10.0 Å². The molecule has 2 aromatic carbocycles. The molecule has 7 heteroatoms. The number of benzene rings is 2. The summed E-state index contributed by atoms with van der Waals surface area (Å²) in [6.07, 6.45) is 3.37. The summed E-state index contributed by atoms with van der Waals surface area (Å²) in [6, 6.07) is 13.4. The molecule has 0 bridgehead atoms. The molecule has 0 saturated heterocycles. The van der Waals surface area contributed by atoms with Crippen molar-refractivity contribution in [3.05, 3.63) is 72.1 Å². The van der Waals surface area contributed by atoms with Crippen LogP contribution >= 0.6 is 0 Å². The molecule has 25 heavy (non-hydrogen) atoms. The maximum absolute atomic E-state index is 12.4. The Balaban J connectivity index is 1.75. The minimum absolute atomic E-state index is 0.192. The number of hydrogen-bond donors (Lipinski definition) is 1. The number of sulfonamides is 1. The second-order valence-corrected chi connectivity index (χ2v) is 7.21. The molecule has 6 nitrogen and oxygen atoms in total. The van der Waals surface area contributed by atoms with E-state index in [0.29, 0.717) is 16.8 Å². The lowest BCUT2D eigenvalue weighted by atomic mass is 10.1. The first-order valence-corrected chi connectivity index (χ1v) is 9.13. The number of methoxy groups -OCH3 is 1. The zero-order valence-electron chi connectivity index (χ0n) is 13.5. The van der Waals surface area contributed by atoms with Crippen LogP contribution in [0.15, 0.2) is 60.9 Å². The van der Waals surface area contributed by atoms with Crippen molar-refractivity contribution in [2.45, 2.75) is 5.75 Å². The SMILES string of the molecule is COC(=O)c1ccc(CS(=O)(=O)Nc2ccc3cnccc3c2)cc1. The van der Waals surface area contributed by atoms with Gasteiger partial charge in [-0.2, -0.15) is 0 Å². The average Bonchev–Trinajstić information content (AvgIpc) is 2.61. The van der Waals surface area contributed by atoms with Crippen LogP contribution in [-0.4, -0.2) is 26.5 Å². The zero-order chi connectivity index (χ0) is 17.9. The van der Waals surface area contributed by atoms with Gasteiger partial charge < -0.3 is 4.74 Å². The van der Waals surface area contributed by atoms with Gasteiger partial charge in [-0.3, -0.25) is 9.71 Å². The fourth-order valence-corrected chi connectivity index (χ4v) is 3.63. The number of ether oxygens (including phenoxy) is 1. The van der Waals surface area contributed by atoms with Crippen LogP contribution in [0.1, 0.15) is 15.9 Å². The second-order valence-electron chi connectivity index (χ2n) is 5.49. The summed E-state index contributed by atoms with van der Waals surface area (Å²) in [5, 5.41) is 1.83. The molecule has 0 radical (unpaired) electrons. The van der Waals surface area contributed by atoms with Crippen LogP contribution in [-0.2, 0) is 20.5 Å². The maximum atomic E-state index is 12.4. The molecule has 0 amide bonds. The Bertz CT molecular complexity index is 1010. The lowest BCUT2D eigenvalue weighted by Gasteiger charge is -2.09. The zero-order valence-corrected chi connectivity index (χ0v) is 14.3. The molecule has 0 atom stereocenters. The van der Waals surface area contributed by atoms with E-state index in [1.807, 2.05) is 12.1 Å². The van der Waals surface area contributed by atoms with E-state index in [4.69, 9.17) is 0 Å². The molecule has 0 fully saturated rings. The summed E-state index contributed by atoms with van der Waals surface area (Å²) < 4.78 is 31.9. The molecular weight excluding hydrogens is 340 g/mol. The number of hydrogen-bond acceptors (Lipinski definition) is 5. The third kappa shape index (κ3) is 4.13. The van der Waals surface area contributed by atoms with Gasteiger partial charge in [-0.05, 0) is 41.3 Å². The number of fused-ring (bicyclic) bond motifs is 1. The first kappa shape index (κ1) is 16.9. The number of carbonyl (C=O) groups is 1. The third-order valence-corrected chi connectivity index (χ3v) is 4.91. The van der Waals surface area contributed by atoms with E-state index in [1.165, 1.54) is 7.11 Å². The van der Waals surface area contributed by atoms with E-state index < -0.39 is 16.0 Å². The van der Waals surface area contributed by atoms with Gasteiger partial charge in [-0.25, -0.2) is 13.2 Å². The highest BCUT2D eigenvalue weighted by molar-refractivity contribution is 7.91. The normalized spacial score (nSPS) is 11.2. The van der Waals surface area contributed by atoms with E-state index in [2.05, 4.69) is 14.4 Å². The molecule has 0 aliphatic rings. The van der Waals surface area contributed by atoms with Gasteiger partial charge in [-0.15, -0.1) is 0 Å². The fourth-order valence-electron chi connectivity index (χ4n) is 2.44. The molecule has 0 aliphatic heterocycles. The highest BCUT2D eigenvalue weighted by Crippen LogP contribution is 2.20. The lowest BCUT2D eigenvalue weighted by molar-refractivity contribution is 0.0600. The van der Waals surface area contributed by atoms with Crippen molar-refractivity contribution in [2.24, 2.45) is 0 Å². The molecule has 1 N–H and O–H groups in total. The van der Waals surface area contributed by atoms with Gasteiger partial charge >= 0.3 is 5.97 Å². The van der Waals surface area contributed by atoms with E-state index in [9.17, 15) is 13.2 Å². The number of rotatable bonds is 5. The summed E-state index contributed by atoms with van der Waals surface area (Å²) in [7, 11) is -2.28. The van der Waals surface area contributed by atoms with Crippen molar-refractivity contribution in [1.82, 2.24) is 4.98 Å². The quantitative estimate of drug-likeness (QED) is 0.711. The number of nitrogens with zero attached hydrogens (tertiary/aromatic N) is 1. The number of pyridine rings is 1. The molecule has 0 aliphatic carbocycles. The number of aromatic nitrogens is 1. The summed E-state index contributed by atoms with van der Waals surface area (Å²) in [4.78, 5) is 15.4. The first-order valence-electron chi connectivity index (χ1n) is 7.48. The predicted molar refractivity (Wildman–Crippen MR) is 95.8 cm³/mol. The largest absolute Gasteiger partial charge is 0.465 e. The van der Waals surface area contributed by atoms with Gasteiger partial charge in [-0.1, -0.05) is 18.2 Å². The van der Waals surface area contributed by atoms with Crippen LogP contribution in [0, 0.1) is 0 Å². The van der Waals surface area contributed by atoms with Crippen LogP contribution < -0.4 is 4.72 Å². The van der Waals surface area contributed by atoms with Crippen LogP contribution in [0.4, 0.5) is 5.69 Å². The number of carbonyl (C=O) groups excluding carboxylic acids is 1. The van der Waals surface area contributed by atoms with Crippen molar-refractivity contribution in [2.75, 3.05) is 11.8 Å². The predicted octanol–water partition coefficient (Wildman–Crippen LogP) is 2.96. The smallest absolute Gasteiger partial charge is 0.337 e. The molecule has 0 spiro atoms. The van der Waals surface area contributed by atoms with Crippen LogP contribution in [0.3, 0.4) is 0 Å². The standard InChI is InChI=1S/C18H16N2O4S/c1-24-18(21)14-4-2-13(3-5-14)12-25(22,23)20-17-7-6-16-11-19-9-8-15(16)10-17/h2-11,20H,12H2,1H3. The van der Waals surface area contributed by atoms with Crippen molar-refractivity contribution in [1.29, 1.82) is 0 Å². The third-order valence-electron chi connectivity index (χ3n) is 3.65. The Kier molecular flexibility index (Phi) is 4.67. The number of esters is 1. The van der Waals surface area contributed by atoms with E-state index in [0.717, 1.165) is 10.8 Å². The Labute approximate surface area is 145 Å². The minimum atomic E-state index is -3.58. The Morgan fingerprint density at radius 3 is 2.56 bits per heavy atom. The van der Waals surface area contributed by atoms with Crippen molar-refractivity contribution in [3.8, 4) is 0 Å². The number of nitrogens with one attached hydrogen (secondary N) is 1. The lowest BCUT2D eigenvalue weighted by Crippen LogP contribution is -2.15. The number of anilines is 1. The molecule has 128 valence electrons. The maximum Gasteiger partial charge on any atom is 0.337 e. The van der Waals surface area contributed by atoms with Gasteiger partial charge in [0.25, 0.3) is 0 Å². The van der Waals surface area contributed by atoms with Crippen LogP contribution in [0.2, 0.25) is 0 Å². The van der Waals surface area contributed by atoms with Gasteiger partial charge in [0.05, 0.1) is 18.4 Å². The molecule has 0 unspecified atom stereocenters. The van der Waals surface area contributed by atoms with Crippen molar-refractivity contribution >= 4 is 32.5 Å². The molecular formula is C18H16N2O4S. The molecule has 1 heterocycles. The Morgan fingerprint density at radius 2 is 1.84 bits per heavy atom. The Morgan fingerprint density at radius 1 is 1.08 bits per heavy atom. The van der Waals surface area contributed by atoms with Gasteiger partial charge in [0, 0.05) is 23.5 Å². The van der Waals surface area contributed by atoms with E-state index >= 15 is 0 Å². The van der Waals surface area contributed by atoms with Gasteiger partial charge in [0.15, 0.2) is 0 Å². The topological polar surface area (TPSA) is 85.4 Å². The average molecular weight is 356 g/mol.